The molecule has 0 bridgehead atoms. The van der Waals surface area contributed by atoms with Crippen LogP contribution in [0.5, 0.6) is 0 Å². The summed E-state index contributed by atoms with van der Waals surface area (Å²) < 4.78 is 46.2. The molecule has 1 saturated heterocycles. The van der Waals surface area contributed by atoms with E-state index in [2.05, 4.69) is 32.5 Å². The minimum absolute atomic E-state index is 0.0218. The molecule has 2 aromatic rings. The van der Waals surface area contributed by atoms with Gasteiger partial charge in [-0.25, -0.2) is 9.78 Å². The molecule has 1 aliphatic heterocycles. The first-order valence-electron chi connectivity index (χ1n) is 12.1. The maximum atomic E-state index is 13.8. The van der Waals surface area contributed by atoms with Crippen LogP contribution in [0.15, 0.2) is 37.1 Å². The molecule has 198 valence electrons. The van der Waals surface area contributed by atoms with Crippen molar-refractivity contribution >= 4 is 35.1 Å². The van der Waals surface area contributed by atoms with Crippen LogP contribution in [0.2, 0.25) is 0 Å². The predicted molar refractivity (Wildman–Crippen MR) is 133 cm³/mol. The van der Waals surface area contributed by atoms with Crippen molar-refractivity contribution in [2.24, 2.45) is 0 Å². The number of likely N-dealkylation sites (tertiary alicyclic amines) is 1. The number of halogens is 3. The van der Waals surface area contributed by atoms with Crippen LogP contribution in [0.1, 0.15) is 49.1 Å². The van der Waals surface area contributed by atoms with Crippen LogP contribution < -0.4 is 16.0 Å². The molecule has 1 aromatic heterocycles. The molecule has 0 radical (unpaired) electrons. The number of ether oxygens (including phenoxy) is 1. The van der Waals surface area contributed by atoms with Gasteiger partial charge in [0.15, 0.2) is 0 Å². The Bertz CT molecular complexity index is 1170. The second kappa shape index (κ2) is 11.1. The maximum absolute atomic E-state index is 13.8. The van der Waals surface area contributed by atoms with Crippen LogP contribution in [0.25, 0.3) is 0 Å². The van der Waals surface area contributed by atoms with Gasteiger partial charge in [0.25, 0.3) is 0 Å². The third kappa shape index (κ3) is 6.30. The van der Waals surface area contributed by atoms with Gasteiger partial charge in [0, 0.05) is 25.3 Å². The summed E-state index contributed by atoms with van der Waals surface area (Å²) >= 11 is 0. The standard InChI is InChI=1S/C25H29F3N6O3/c1-3-21(35)31-20-12-16(15-6-4-5-7-15)8-9-19(20)32-22-18(25(26,27)28)13-29-23(33-22)30-17-10-11-34(14-17)24(36)37-2/h3,8-9,12-13,15,17H,1,4-7,10-11,14H2,2H3,(H,31,35)(H2,29,30,32,33)/t17-/m0/s1. The van der Waals surface area contributed by atoms with E-state index >= 15 is 0 Å². The van der Waals surface area contributed by atoms with Crippen LogP contribution in [0, 0.1) is 0 Å². The first-order chi connectivity index (χ1) is 17.7. The molecule has 2 heterocycles. The van der Waals surface area contributed by atoms with Crippen LogP contribution in [-0.4, -0.2) is 53.1 Å². The van der Waals surface area contributed by atoms with Crippen molar-refractivity contribution in [2.75, 3.05) is 36.1 Å². The summed E-state index contributed by atoms with van der Waals surface area (Å²) in [6.07, 6.45) is 1.44. The topological polar surface area (TPSA) is 108 Å². The number of nitrogens with zero attached hydrogens (tertiary/aromatic N) is 3. The lowest BCUT2D eigenvalue weighted by molar-refractivity contribution is -0.137. The van der Waals surface area contributed by atoms with Gasteiger partial charge in [-0.1, -0.05) is 25.5 Å². The lowest BCUT2D eigenvalue weighted by Crippen LogP contribution is -2.31. The molecule has 0 unspecified atom stereocenters. The predicted octanol–water partition coefficient (Wildman–Crippen LogP) is 5.27. The Balaban J connectivity index is 1.62. The first-order valence-corrected chi connectivity index (χ1v) is 12.1. The number of methoxy groups -OCH3 is 1. The maximum Gasteiger partial charge on any atom is 0.421 e. The van der Waals surface area contributed by atoms with E-state index in [1.165, 1.54) is 12.0 Å². The normalized spacial score (nSPS) is 17.9. The molecular weight excluding hydrogens is 489 g/mol. The van der Waals surface area contributed by atoms with Gasteiger partial charge in [0.05, 0.1) is 18.5 Å². The molecule has 12 heteroatoms. The molecule has 1 aromatic carbocycles. The van der Waals surface area contributed by atoms with Crippen LogP contribution >= 0.6 is 0 Å². The van der Waals surface area contributed by atoms with Gasteiger partial charge in [0.1, 0.15) is 11.4 Å². The number of aromatic nitrogens is 2. The fourth-order valence-electron chi connectivity index (χ4n) is 4.71. The number of amides is 2. The summed E-state index contributed by atoms with van der Waals surface area (Å²) in [5.41, 5.74) is 0.548. The SMILES string of the molecule is C=CC(=O)Nc1cc(C2CCCC2)ccc1Nc1nc(N[C@H]2CCN(C(=O)OC)C2)ncc1C(F)(F)F. The molecule has 2 amide bonds. The van der Waals surface area contributed by atoms with Gasteiger partial charge in [-0.15, -0.1) is 0 Å². The fraction of sp³-hybridized carbons (Fsp3) is 0.440. The largest absolute Gasteiger partial charge is 0.453 e. The third-order valence-corrected chi connectivity index (χ3v) is 6.61. The zero-order chi connectivity index (χ0) is 26.6. The van der Waals surface area contributed by atoms with Crippen molar-refractivity contribution < 1.29 is 27.5 Å². The van der Waals surface area contributed by atoms with Gasteiger partial charge in [-0.3, -0.25) is 4.79 Å². The summed E-state index contributed by atoms with van der Waals surface area (Å²) in [5, 5.41) is 8.43. The quantitative estimate of drug-likeness (QED) is 0.428. The number of hydrogen-bond donors (Lipinski definition) is 3. The van der Waals surface area contributed by atoms with Crippen molar-refractivity contribution in [3.05, 3.63) is 48.2 Å². The Morgan fingerprint density at radius 2 is 1.95 bits per heavy atom. The minimum Gasteiger partial charge on any atom is -0.453 e. The van der Waals surface area contributed by atoms with E-state index in [1.807, 2.05) is 6.07 Å². The molecular formula is C25H29F3N6O3. The number of alkyl halides is 3. The van der Waals surface area contributed by atoms with Gasteiger partial charge < -0.3 is 25.6 Å². The molecule has 0 spiro atoms. The van der Waals surface area contributed by atoms with Crippen LogP contribution in [-0.2, 0) is 15.7 Å². The summed E-state index contributed by atoms with van der Waals surface area (Å²) in [6, 6.07) is 5.03. The molecule has 37 heavy (non-hydrogen) atoms. The van der Waals surface area contributed by atoms with Gasteiger partial charge in [-0.2, -0.15) is 18.2 Å². The number of benzene rings is 1. The van der Waals surface area contributed by atoms with Gasteiger partial charge in [-0.05, 0) is 49.0 Å². The third-order valence-electron chi connectivity index (χ3n) is 6.61. The van der Waals surface area contributed by atoms with Crippen molar-refractivity contribution in [1.82, 2.24) is 14.9 Å². The molecule has 1 saturated carbocycles. The van der Waals surface area contributed by atoms with E-state index in [0.717, 1.165) is 37.3 Å². The highest BCUT2D eigenvalue weighted by atomic mass is 19.4. The van der Waals surface area contributed by atoms with Gasteiger partial charge in [0.2, 0.25) is 11.9 Å². The van der Waals surface area contributed by atoms with Crippen LogP contribution in [0.4, 0.5) is 41.1 Å². The smallest absolute Gasteiger partial charge is 0.421 e. The highest BCUT2D eigenvalue weighted by Crippen LogP contribution is 2.39. The van der Waals surface area contributed by atoms with Crippen molar-refractivity contribution in [3.8, 4) is 0 Å². The lowest BCUT2D eigenvalue weighted by atomic mass is 9.96. The van der Waals surface area contributed by atoms with E-state index < -0.39 is 29.6 Å². The van der Waals surface area contributed by atoms with Crippen molar-refractivity contribution in [3.63, 3.8) is 0 Å². The van der Waals surface area contributed by atoms with Crippen LogP contribution in [0.3, 0.4) is 0 Å². The Kier molecular flexibility index (Phi) is 7.84. The molecule has 2 fully saturated rings. The Hall–Kier alpha value is -3.83. The summed E-state index contributed by atoms with van der Waals surface area (Å²) in [4.78, 5) is 33.3. The van der Waals surface area contributed by atoms with E-state index in [-0.39, 0.29) is 17.7 Å². The van der Waals surface area contributed by atoms with Gasteiger partial charge >= 0.3 is 12.3 Å². The van der Waals surface area contributed by atoms with E-state index in [4.69, 9.17) is 4.74 Å². The summed E-state index contributed by atoms with van der Waals surface area (Å²) in [5.74, 6) is -0.629. The average Bonchev–Trinajstić information content (AvgIpc) is 3.57. The number of hydrogen-bond acceptors (Lipinski definition) is 7. The molecule has 1 aliphatic carbocycles. The zero-order valence-corrected chi connectivity index (χ0v) is 20.4. The molecule has 9 nitrogen and oxygen atoms in total. The fourth-order valence-corrected chi connectivity index (χ4v) is 4.71. The molecule has 1 atom stereocenters. The zero-order valence-electron chi connectivity index (χ0n) is 20.4. The monoisotopic (exact) mass is 518 g/mol. The molecule has 3 N–H and O–H groups in total. The number of carbonyl (C=O) groups excluding carboxylic acids is 2. The number of carbonyl (C=O) groups is 2. The molecule has 2 aliphatic rings. The van der Waals surface area contributed by atoms with E-state index in [1.54, 1.807) is 12.1 Å². The first kappa shape index (κ1) is 26.2. The minimum atomic E-state index is -4.72. The highest BCUT2D eigenvalue weighted by Gasteiger charge is 2.36. The van der Waals surface area contributed by atoms with E-state index in [0.29, 0.717) is 37.3 Å². The highest BCUT2D eigenvalue weighted by molar-refractivity contribution is 6.01. The second-order valence-electron chi connectivity index (χ2n) is 9.10. The Labute approximate surface area is 212 Å². The average molecular weight is 519 g/mol. The van der Waals surface area contributed by atoms with Crippen molar-refractivity contribution in [2.45, 2.75) is 50.2 Å². The lowest BCUT2D eigenvalue weighted by Gasteiger charge is -2.20. The summed E-state index contributed by atoms with van der Waals surface area (Å²) in [7, 11) is 1.28. The summed E-state index contributed by atoms with van der Waals surface area (Å²) in [6.45, 7) is 4.20. The molecule has 4 rings (SSSR count). The second-order valence-corrected chi connectivity index (χ2v) is 9.10. The number of rotatable bonds is 7. The number of anilines is 4. The van der Waals surface area contributed by atoms with Crippen molar-refractivity contribution in [1.29, 1.82) is 0 Å². The Morgan fingerprint density at radius 3 is 2.62 bits per heavy atom. The Morgan fingerprint density at radius 1 is 1.19 bits per heavy atom. The van der Waals surface area contributed by atoms with E-state index in [9.17, 15) is 22.8 Å². The number of nitrogens with one attached hydrogen (secondary N) is 3.